The molecule has 0 aliphatic carbocycles. The van der Waals surface area contributed by atoms with E-state index >= 15 is 0 Å². The molecule has 5 heteroatoms. The highest BCUT2D eigenvalue weighted by Crippen LogP contribution is 2.36. The molecule has 82 valence electrons. The number of sulfone groups is 1. The molecule has 1 heterocycles. The average Bonchev–Trinajstić information content (AvgIpc) is 2.16. The number of rotatable bonds is 1. The molecule has 0 bridgehead atoms. The molecule has 0 saturated carbocycles. The molecule has 0 radical (unpaired) electrons. The third-order valence-electron chi connectivity index (χ3n) is 2.45. The molecule has 0 aromatic heterocycles. The van der Waals surface area contributed by atoms with Crippen LogP contribution in [0.4, 0.5) is 0 Å². The molecule has 0 fully saturated rings. The maximum Gasteiger partial charge on any atom is 0.239 e. The minimum atomic E-state index is -3.32. The van der Waals surface area contributed by atoms with Crippen molar-refractivity contribution in [2.75, 3.05) is 12.9 Å². The van der Waals surface area contributed by atoms with E-state index in [1.54, 1.807) is 18.2 Å². The van der Waals surface area contributed by atoms with Gasteiger partial charge in [0, 0.05) is 6.26 Å². The predicted molar refractivity (Wildman–Crippen MR) is 55.8 cm³/mol. The van der Waals surface area contributed by atoms with Crippen molar-refractivity contribution < 1.29 is 17.9 Å². The summed E-state index contributed by atoms with van der Waals surface area (Å²) in [4.78, 5) is -1.29. The highest BCUT2D eigenvalue weighted by Gasteiger charge is 2.42. The smallest absolute Gasteiger partial charge is 0.239 e. The van der Waals surface area contributed by atoms with Crippen LogP contribution in [0.15, 0.2) is 24.3 Å². The monoisotopic (exact) mass is 228 g/mol. The van der Waals surface area contributed by atoms with Gasteiger partial charge in [0.15, 0.2) is 21.3 Å². The van der Waals surface area contributed by atoms with Crippen LogP contribution in [0.2, 0.25) is 0 Å². The van der Waals surface area contributed by atoms with Crippen LogP contribution in [0.5, 0.6) is 11.5 Å². The predicted octanol–water partition coefficient (Wildman–Crippen LogP) is 1.22. The Morgan fingerprint density at radius 3 is 2.47 bits per heavy atom. The Labute approximate surface area is 88.7 Å². The molecule has 4 nitrogen and oxygen atoms in total. The molecule has 0 amide bonds. The van der Waals surface area contributed by atoms with Crippen molar-refractivity contribution in [2.45, 2.75) is 11.9 Å². The van der Waals surface area contributed by atoms with Crippen LogP contribution in [0.1, 0.15) is 6.92 Å². The summed E-state index contributed by atoms with van der Waals surface area (Å²) in [7, 11) is -3.32. The van der Waals surface area contributed by atoms with Gasteiger partial charge in [-0.3, -0.25) is 0 Å². The minimum Gasteiger partial charge on any atom is -0.484 e. The summed E-state index contributed by atoms with van der Waals surface area (Å²) in [6.07, 6.45) is 1.14. The van der Waals surface area contributed by atoms with Gasteiger partial charge in [0.2, 0.25) is 4.93 Å². The first kappa shape index (κ1) is 10.3. The lowest BCUT2D eigenvalue weighted by Gasteiger charge is -2.33. The van der Waals surface area contributed by atoms with Gasteiger partial charge in [0.1, 0.15) is 6.61 Å². The standard InChI is InChI=1S/C10H12O4S/c1-10(15(2,11)12)7-13-8-5-3-4-6-9(8)14-10/h3-6H,7H2,1-2H3. The van der Waals surface area contributed by atoms with Crippen LogP contribution in [0.25, 0.3) is 0 Å². The Balaban J connectivity index is 2.41. The van der Waals surface area contributed by atoms with E-state index < -0.39 is 14.8 Å². The van der Waals surface area contributed by atoms with E-state index in [0.29, 0.717) is 11.5 Å². The van der Waals surface area contributed by atoms with Crippen LogP contribution < -0.4 is 9.47 Å². The Morgan fingerprint density at radius 2 is 1.87 bits per heavy atom. The first-order chi connectivity index (χ1) is 6.92. The molecule has 1 aromatic rings. The summed E-state index contributed by atoms with van der Waals surface area (Å²) in [5.74, 6) is 1.05. The van der Waals surface area contributed by atoms with E-state index in [1.165, 1.54) is 6.92 Å². The van der Waals surface area contributed by atoms with Crippen molar-refractivity contribution in [1.29, 1.82) is 0 Å². The number of ether oxygens (including phenoxy) is 2. The molecule has 1 aliphatic rings. The molecule has 1 unspecified atom stereocenters. The number of hydrogen-bond donors (Lipinski definition) is 0. The lowest BCUT2D eigenvalue weighted by molar-refractivity contribution is 0.0698. The molecule has 1 aliphatic heterocycles. The first-order valence-corrected chi connectivity index (χ1v) is 6.42. The van der Waals surface area contributed by atoms with E-state index in [-0.39, 0.29) is 6.61 Å². The fourth-order valence-corrected chi connectivity index (χ4v) is 1.82. The quantitative estimate of drug-likeness (QED) is 0.725. The van der Waals surface area contributed by atoms with Crippen LogP contribution >= 0.6 is 0 Å². The zero-order chi connectivity index (χ0) is 11.1. The van der Waals surface area contributed by atoms with Crippen LogP contribution in [-0.4, -0.2) is 26.2 Å². The molecular formula is C10H12O4S. The molecule has 2 rings (SSSR count). The summed E-state index contributed by atoms with van der Waals surface area (Å²) >= 11 is 0. The zero-order valence-electron chi connectivity index (χ0n) is 8.56. The van der Waals surface area contributed by atoms with Gasteiger partial charge in [-0.1, -0.05) is 12.1 Å². The molecule has 0 spiro atoms. The molecular weight excluding hydrogens is 216 g/mol. The lowest BCUT2D eigenvalue weighted by atomic mass is 10.3. The number of hydrogen-bond acceptors (Lipinski definition) is 4. The van der Waals surface area contributed by atoms with Crippen molar-refractivity contribution in [3.63, 3.8) is 0 Å². The largest absolute Gasteiger partial charge is 0.484 e. The lowest BCUT2D eigenvalue weighted by Crippen LogP contribution is -2.48. The van der Waals surface area contributed by atoms with Crippen molar-refractivity contribution in [2.24, 2.45) is 0 Å². The van der Waals surface area contributed by atoms with Gasteiger partial charge in [-0.2, -0.15) is 0 Å². The van der Waals surface area contributed by atoms with Gasteiger partial charge in [0.25, 0.3) is 0 Å². The maximum absolute atomic E-state index is 11.5. The molecule has 1 atom stereocenters. The van der Waals surface area contributed by atoms with Gasteiger partial charge in [-0.05, 0) is 19.1 Å². The van der Waals surface area contributed by atoms with Crippen molar-refractivity contribution in [1.82, 2.24) is 0 Å². The number of para-hydroxylation sites is 2. The second kappa shape index (κ2) is 3.13. The summed E-state index contributed by atoms with van der Waals surface area (Å²) < 4.78 is 33.9. The van der Waals surface area contributed by atoms with E-state index in [9.17, 15) is 8.42 Å². The number of benzene rings is 1. The Kier molecular flexibility index (Phi) is 2.15. The maximum atomic E-state index is 11.5. The van der Waals surface area contributed by atoms with Gasteiger partial charge in [0.05, 0.1) is 0 Å². The second-order valence-corrected chi connectivity index (χ2v) is 6.15. The number of fused-ring (bicyclic) bond motifs is 1. The van der Waals surface area contributed by atoms with Gasteiger partial charge >= 0.3 is 0 Å². The van der Waals surface area contributed by atoms with Crippen LogP contribution in [0, 0.1) is 0 Å². The van der Waals surface area contributed by atoms with Gasteiger partial charge < -0.3 is 9.47 Å². The Bertz CT molecular complexity index is 480. The second-order valence-electron chi connectivity index (χ2n) is 3.74. The van der Waals surface area contributed by atoms with Crippen molar-refractivity contribution >= 4 is 9.84 Å². The SMILES string of the molecule is CC1(S(C)(=O)=O)COc2ccccc2O1. The zero-order valence-corrected chi connectivity index (χ0v) is 9.37. The molecule has 1 aromatic carbocycles. The fraction of sp³-hybridized carbons (Fsp3) is 0.400. The van der Waals surface area contributed by atoms with E-state index in [2.05, 4.69) is 0 Å². The van der Waals surface area contributed by atoms with Crippen LogP contribution in [-0.2, 0) is 9.84 Å². The summed E-state index contributed by atoms with van der Waals surface area (Å²) in [5, 5.41) is 0. The Hall–Kier alpha value is -1.23. The van der Waals surface area contributed by atoms with Crippen LogP contribution in [0.3, 0.4) is 0 Å². The third-order valence-corrected chi connectivity index (χ3v) is 4.22. The molecule has 15 heavy (non-hydrogen) atoms. The average molecular weight is 228 g/mol. The van der Waals surface area contributed by atoms with Gasteiger partial charge in [-0.15, -0.1) is 0 Å². The normalized spacial score (nSPS) is 24.9. The highest BCUT2D eigenvalue weighted by atomic mass is 32.2. The topological polar surface area (TPSA) is 52.6 Å². The highest BCUT2D eigenvalue weighted by molar-refractivity contribution is 7.91. The van der Waals surface area contributed by atoms with Crippen molar-refractivity contribution in [3.05, 3.63) is 24.3 Å². The summed E-state index contributed by atoms with van der Waals surface area (Å²) in [5.41, 5.74) is 0. The Morgan fingerprint density at radius 1 is 1.27 bits per heavy atom. The minimum absolute atomic E-state index is 0.0167. The fourth-order valence-electron chi connectivity index (χ4n) is 1.31. The van der Waals surface area contributed by atoms with Gasteiger partial charge in [-0.25, -0.2) is 8.42 Å². The summed E-state index contributed by atoms with van der Waals surface area (Å²) in [6, 6.07) is 7.02. The third kappa shape index (κ3) is 1.67. The van der Waals surface area contributed by atoms with E-state index in [0.717, 1.165) is 6.26 Å². The summed E-state index contributed by atoms with van der Waals surface area (Å²) in [6.45, 7) is 1.53. The van der Waals surface area contributed by atoms with E-state index in [4.69, 9.17) is 9.47 Å². The van der Waals surface area contributed by atoms with Crippen molar-refractivity contribution in [3.8, 4) is 11.5 Å². The first-order valence-electron chi connectivity index (χ1n) is 4.53. The molecule has 0 saturated heterocycles. The molecule has 0 N–H and O–H groups in total. The van der Waals surface area contributed by atoms with E-state index in [1.807, 2.05) is 6.07 Å².